The van der Waals surface area contributed by atoms with Gasteiger partial charge in [0, 0.05) is 16.2 Å². The molecule has 224 valence electrons. The van der Waals surface area contributed by atoms with Crippen molar-refractivity contribution in [3.05, 3.63) is 164 Å². The van der Waals surface area contributed by atoms with Gasteiger partial charge in [-0.25, -0.2) is 0 Å². The molecule has 0 saturated carbocycles. The molecule has 12 aromatic carbocycles. The smallest absolute Gasteiger partial charge is 0.0541 e. The summed E-state index contributed by atoms with van der Waals surface area (Å²) >= 11 is 0. The van der Waals surface area contributed by atoms with E-state index in [9.17, 15) is 0 Å². The molecule has 0 aliphatic rings. The lowest BCUT2D eigenvalue weighted by atomic mass is 9.90. The second-order valence-electron chi connectivity index (χ2n) is 13.7. The molecule has 0 unspecified atom stereocenters. The van der Waals surface area contributed by atoms with Crippen LogP contribution in [0.25, 0.3) is 97.0 Å². The van der Waals surface area contributed by atoms with Gasteiger partial charge in [0.15, 0.2) is 0 Å². The molecular weight excluding hydrogens is 591 g/mol. The summed E-state index contributed by atoms with van der Waals surface area (Å²) in [6, 6.07) is 61.6. The van der Waals surface area contributed by atoms with Gasteiger partial charge in [0.2, 0.25) is 0 Å². The predicted molar refractivity (Wildman–Crippen MR) is 212 cm³/mol. The second-order valence-corrected chi connectivity index (χ2v) is 13.7. The Kier molecular flexibility index (Phi) is 4.77. The van der Waals surface area contributed by atoms with Crippen LogP contribution in [0.15, 0.2) is 164 Å². The second kappa shape index (κ2) is 9.13. The minimum absolute atomic E-state index is 1.19. The highest BCUT2D eigenvalue weighted by atomic mass is 15.1. The van der Waals surface area contributed by atoms with Crippen LogP contribution >= 0.6 is 0 Å². The number of hydrogen-bond acceptors (Lipinski definition) is 1. The average Bonchev–Trinajstić information content (AvgIpc) is 3.16. The molecule has 49 heavy (non-hydrogen) atoms. The zero-order chi connectivity index (χ0) is 31.8. The summed E-state index contributed by atoms with van der Waals surface area (Å²) in [7, 11) is 0. The lowest BCUT2D eigenvalue weighted by Gasteiger charge is -2.31. The molecule has 0 amide bonds. The zero-order valence-corrected chi connectivity index (χ0v) is 26.5. The number of hydrogen-bond donors (Lipinski definition) is 0. The van der Waals surface area contributed by atoms with E-state index >= 15 is 0 Å². The standard InChI is InChI=1S/C48H27N/c1-4-28-10-13-34-19-25-40(37-22-16-31(7-1)43(28)46(34)37)49(41-26-20-35-14-11-29-5-2-8-32-17-23-38(41)47(35)44(29)32)42-27-21-36-15-12-30-6-3-9-33-18-24-39(42)48(36)45(30)33/h1-27H. The normalized spacial score (nSPS) is 12.5. The van der Waals surface area contributed by atoms with Crippen molar-refractivity contribution in [3.8, 4) is 0 Å². The molecule has 1 nitrogen and oxygen atoms in total. The van der Waals surface area contributed by atoms with Crippen LogP contribution in [-0.2, 0) is 0 Å². The van der Waals surface area contributed by atoms with Gasteiger partial charge in [-0.15, -0.1) is 0 Å². The van der Waals surface area contributed by atoms with Crippen molar-refractivity contribution >= 4 is 114 Å². The van der Waals surface area contributed by atoms with Crippen molar-refractivity contribution < 1.29 is 0 Å². The summed E-state index contributed by atoms with van der Waals surface area (Å²) in [5.74, 6) is 0. The van der Waals surface area contributed by atoms with Crippen molar-refractivity contribution in [1.29, 1.82) is 0 Å². The van der Waals surface area contributed by atoms with E-state index in [-0.39, 0.29) is 0 Å². The zero-order valence-electron chi connectivity index (χ0n) is 26.5. The fraction of sp³-hybridized carbons (Fsp3) is 0. The van der Waals surface area contributed by atoms with Gasteiger partial charge in [-0.3, -0.25) is 0 Å². The molecular formula is C48H27N. The van der Waals surface area contributed by atoms with Crippen LogP contribution in [-0.4, -0.2) is 0 Å². The molecule has 0 aromatic heterocycles. The van der Waals surface area contributed by atoms with Crippen molar-refractivity contribution in [2.24, 2.45) is 0 Å². The fourth-order valence-electron chi connectivity index (χ4n) is 9.13. The number of anilines is 3. The maximum atomic E-state index is 2.56. The summed E-state index contributed by atoms with van der Waals surface area (Å²) < 4.78 is 0. The predicted octanol–water partition coefficient (Wildman–Crippen LogP) is 13.8. The first-order valence-corrected chi connectivity index (χ1v) is 17.1. The minimum Gasteiger partial charge on any atom is -0.309 e. The number of benzene rings is 12. The van der Waals surface area contributed by atoms with Gasteiger partial charge in [0.1, 0.15) is 0 Å². The van der Waals surface area contributed by atoms with E-state index in [0.29, 0.717) is 0 Å². The minimum atomic E-state index is 1.19. The van der Waals surface area contributed by atoms with E-state index in [0.717, 1.165) is 0 Å². The molecule has 1 heteroatoms. The van der Waals surface area contributed by atoms with Crippen LogP contribution in [0.5, 0.6) is 0 Å². The first-order valence-electron chi connectivity index (χ1n) is 17.1. The molecule has 0 N–H and O–H groups in total. The van der Waals surface area contributed by atoms with Gasteiger partial charge in [0.25, 0.3) is 0 Å². The van der Waals surface area contributed by atoms with Crippen LogP contribution in [0.3, 0.4) is 0 Å². The molecule has 0 saturated heterocycles. The molecule has 0 radical (unpaired) electrons. The molecule has 0 fully saturated rings. The molecule has 12 aromatic rings. The van der Waals surface area contributed by atoms with Crippen LogP contribution in [0, 0.1) is 0 Å². The lowest BCUT2D eigenvalue weighted by Crippen LogP contribution is -2.12. The third-order valence-electron chi connectivity index (χ3n) is 11.2. The van der Waals surface area contributed by atoms with Gasteiger partial charge in [0.05, 0.1) is 17.1 Å². The van der Waals surface area contributed by atoms with Gasteiger partial charge in [-0.05, 0) is 99.0 Å². The average molecular weight is 618 g/mol. The quantitative estimate of drug-likeness (QED) is 0.178. The fourth-order valence-corrected chi connectivity index (χ4v) is 9.13. The van der Waals surface area contributed by atoms with Crippen molar-refractivity contribution in [3.63, 3.8) is 0 Å². The molecule has 0 aliphatic carbocycles. The van der Waals surface area contributed by atoms with Crippen molar-refractivity contribution in [2.45, 2.75) is 0 Å². The highest BCUT2D eigenvalue weighted by molar-refractivity contribution is 6.30. The van der Waals surface area contributed by atoms with E-state index in [1.165, 1.54) is 114 Å². The Morgan fingerprint density at radius 3 is 0.714 bits per heavy atom. The van der Waals surface area contributed by atoms with E-state index in [2.05, 4.69) is 169 Å². The third kappa shape index (κ3) is 3.29. The molecule has 0 atom stereocenters. The monoisotopic (exact) mass is 617 g/mol. The van der Waals surface area contributed by atoms with Gasteiger partial charge in [-0.1, -0.05) is 146 Å². The molecule has 0 bridgehead atoms. The summed E-state index contributed by atoms with van der Waals surface area (Å²) in [6.07, 6.45) is 0. The number of nitrogens with zero attached hydrogens (tertiary/aromatic N) is 1. The van der Waals surface area contributed by atoms with Crippen LogP contribution < -0.4 is 4.90 Å². The maximum absolute atomic E-state index is 2.56. The highest BCUT2D eigenvalue weighted by Crippen LogP contribution is 2.50. The largest absolute Gasteiger partial charge is 0.309 e. The molecule has 0 spiro atoms. The summed E-state index contributed by atoms with van der Waals surface area (Å²) in [5, 5.41) is 23.3. The summed E-state index contributed by atoms with van der Waals surface area (Å²) in [6.45, 7) is 0. The Morgan fingerprint density at radius 2 is 0.429 bits per heavy atom. The third-order valence-corrected chi connectivity index (χ3v) is 11.2. The van der Waals surface area contributed by atoms with Crippen molar-refractivity contribution in [1.82, 2.24) is 0 Å². The Bertz CT molecular complexity index is 2880. The van der Waals surface area contributed by atoms with E-state index < -0.39 is 0 Å². The molecule has 0 aliphatic heterocycles. The van der Waals surface area contributed by atoms with Crippen LogP contribution in [0.2, 0.25) is 0 Å². The SMILES string of the molecule is c1cc2ccc3ccc(N(c4ccc5ccc6cccc7ccc4c5c67)c4ccc5ccc6cccc7ccc4c5c67)c4ccc(c1)c2c34. The topological polar surface area (TPSA) is 3.24 Å². The molecule has 12 rings (SSSR count). The van der Waals surface area contributed by atoms with E-state index in [1.54, 1.807) is 0 Å². The Morgan fingerprint density at radius 1 is 0.204 bits per heavy atom. The summed E-state index contributed by atoms with van der Waals surface area (Å²) in [4.78, 5) is 2.56. The van der Waals surface area contributed by atoms with Crippen LogP contribution in [0.1, 0.15) is 0 Å². The van der Waals surface area contributed by atoms with Crippen LogP contribution in [0.4, 0.5) is 17.1 Å². The number of rotatable bonds is 3. The van der Waals surface area contributed by atoms with E-state index in [4.69, 9.17) is 0 Å². The first kappa shape index (κ1) is 25.6. The Hall–Kier alpha value is -6.44. The van der Waals surface area contributed by atoms with Gasteiger partial charge in [-0.2, -0.15) is 0 Å². The molecule has 0 heterocycles. The van der Waals surface area contributed by atoms with Gasteiger partial charge < -0.3 is 4.90 Å². The van der Waals surface area contributed by atoms with Crippen molar-refractivity contribution in [2.75, 3.05) is 4.90 Å². The maximum Gasteiger partial charge on any atom is 0.0541 e. The lowest BCUT2D eigenvalue weighted by molar-refractivity contribution is 1.34. The Labute approximate surface area is 281 Å². The first-order chi connectivity index (χ1) is 24.3. The Balaban J connectivity index is 1.27. The summed E-state index contributed by atoms with van der Waals surface area (Å²) in [5.41, 5.74) is 3.57. The van der Waals surface area contributed by atoms with E-state index in [1.807, 2.05) is 0 Å². The highest BCUT2D eigenvalue weighted by Gasteiger charge is 2.24. The van der Waals surface area contributed by atoms with Gasteiger partial charge >= 0.3 is 0 Å².